The number of nitrogens with zero attached hydrogens (tertiary/aromatic N) is 1. The molecule has 0 radical (unpaired) electrons. The van der Waals surface area contributed by atoms with E-state index in [4.69, 9.17) is 10.5 Å². The van der Waals surface area contributed by atoms with E-state index in [1.807, 2.05) is 12.3 Å². The van der Waals surface area contributed by atoms with Crippen LogP contribution in [0.4, 0.5) is 0 Å². The van der Waals surface area contributed by atoms with Crippen molar-refractivity contribution in [1.29, 1.82) is 0 Å². The van der Waals surface area contributed by atoms with Crippen LogP contribution in [0.5, 0.6) is 5.75 Å². The van der Waals surface area contributed by atoms with Crippen LogP contribution in [0.2, 0.25) is 0 Å². The van der Waals surface area contributed by atoms with E-state index in [1.54, 1.807) is 6.20 Å². The molecule has 1 aromatic carbocycles. The lowest BCUT2D eigenvalue weighted by atomic mass is 10.0. The Balaban J connectivity index is 2.26. The first-order valence-corrected chi connectivity index (χ1v) is 7.20. The Labute approximate surface area is 120 Å². The monoisotopic (exact) mass is 270 g/mol. The highest BCUT2D eigenvalue weighted by Crippen LogP contribution is 2.26. The van der Waals surface area contributed by atoms with Crippen molar-refractivity contribution in [2.45, 2.75) is 26.2 Å². The normalized spacial score (nSPS) is 10.5. The molecule has 106 valence electrons. The van der Waals surface area contributed by atoms with Gasteiger partial charge in [0.2, 0.25) is 0 Å². The number of aryl methyl sites for hydroxylation is 1. The highest BCUT2D eigenvalue weighted by Gasteiger charge is 2.04. The maximum absolute atomic E-state index is 5.80. The van der Waals surface area contributed by atoms with Crippen LogP contribution in [-0.4, -0.2) is 18.1 Å². The smallest absolute Gasteiger partial charge is 0.120 e. The zero-order chi connectivity index (χ0) is 14.2. The molecule has 1 aromatic heterocycles. The summed E-state index contributed by atoms with van der Waals surface area (Å²) < 4.78 is 5.80. The molecule has 1 heterocycles. The molecule has 0 bridgehead atoms. The van der Waals surface area contributed by atoms with Crippen molar-refractivity contribution in [3.05, 3.63) is 48.3 Å². The number of nitrogens with two attached hydrogens (primary N) is 1. The number of pyridine rings is 1. The van der Waals surface area contributed by atoms with Crippen LogP contribution in [0.3, 0.4) is 0 Å². The van der Waals surface area contributed by atoms with Crippen LogP contribution < -0.4 is 10.5 Å². The molecule has 0 amide bonds. The van der Waals surface area contributed by atoms with E-state index >= 15 is 0 Å². The van der Waals surface area contributed by atoms with Crippen molar-refractivity contribution in [2.75, 3.05) is 13.2 Å². The third kappa shape index (κ3) is 4.07. The fourth-order valence-electron chi connectivity index (χ4n) is 2.15. The molecule has 3 nitrogen and oxygen atoms in total. The number of ether oxygens (including phenoxy) is 1. The van der Waals surface area contributed by atoms with Gasteiger partial charge in [-0.15, -0.1) is 0 Å². The first-order chi connectivity index (χ1) is 9.83. The lowest BCUT2D eigenvalue weighted by Crippen LogP contribution is -2.06. The minimum atomic E-state index is 0.657. The number of aromatic nitrogens is 1. The zero-order valence-electron chi connectivity index (χ0n) is 12.0. The molecule has 0 aliphatic carbocycles. The topological polar surface area (TPSA) is 48.1 Å². The zero-order valence-corrected chi connectivity index (χ0v) is 12.0. The summed E-state index contributed by atoms with van der Waals surface area (Å²) in [6.45, 7) is 3.51. The fourth-order valence-corrected chi connectivity index (χ4v) is 2.15. The largest absolute Gasteiger partial charge is 0.494 e. The Bertz CT molecular complexity index is 526. The summed E-state index contributed by atoms with van der Waals surface area (Å²) in [4.78, 5) is 4.18. The fraction of sp³-hybridized carbons (Fsp3) is 0.353. The van der Waals surface area contributed by atoms with Crippen LogP contribution in [0, 0.1) is 0 Å². The number of hydrogen-bond acceptors (Lipinski definition) is 3. The first kappa shape index (κ1) is 14.5. The quantitative estimate of drug-likeness (QED) is 0.784. The van der Waals surface area contributed by atoms with Crippen LogP contribution in [0.15, 0.2) is 42.7 Å². The molecule has 2 rings (SSSR count). The van der Waals surface area contributed by atoms with Crippen LogP contribution in [0.1, 0.15) is 25.3 Å². The van der Waals surface area contributed by atoms with Crippen LogP contribution in [-0.2, 0) is 6.42 Å². The Morgan fingerprint density at radius 2 is 2.10 bits per heavy atom. The molecule has 2 aromatic rings. The van der Waals surface area contributed by atoms with Crippen molar-refractivity contribution in [3.8, 4) is 16.9 Å². The second-order valence-corrected chi connectivity index (χ2v) is 4.85. The van der Waals surface area contributed by atoms with Gasteiger partial charge in [-0.3, -0.25) is 4.98 Å². The van der Waals surface area contributed by atoms with E-state index in [1.165, 1.54) is 5.56 Å². The summed E-state index contributed by atoms with van der Waals surface area (Å²) in [7, 11) is 0. The predicted octanol–water partition coefficient (Wildman–Crippen LogP) is 3.43. The Morgan fingerprint density at radius 3 is 2.80 bits per heavy atom. The second kappa shape index (κ2) is 7.65. The Hall–Kier alpha value is -1.87. The van der Waals surface area contributed by atoms with E-state index < -0.39 is 0 Å². The summed E-state index contributed by atoms with van der Waals surface area (Å²) in [6.07, 6.45) is 6.73. The number of hydrogen-bond donors (Lipinski definition) is 1. The van der Waals surface area contributed by atoms with E-state index in [2.05, 4.69) is 36.2 Å². The molecular formula is C17H22N2O. The van der Waals surface area contributed by atoms with Gasteiger partial charge in [-0.1, -0.05) is 25.5 Å². The number of rotatable bonds is 7. The van der Waals surface area contributed by atoms with Gasteiger partial charge in [0.05, 0.1) is 6.61 Å². The van der Waals surface area contributed by atoms with Gasteiger partial charge < -0.3 is 10.5 Å². The molecule has 0 aliphatic rings. The Morgan fingerprint density at radius 1 is 1.20 bits per heavy atom. The van der Waals surface area contributed by atoms with Gasteiger partial charge in [-0.2, -0.15) is 0 Å². The SMILES string of the molecule is CCCc1cc(OCCCN)cc(-c2cccnc2)c1. The molecule has 0 atom stereocenters. The Kier molecular flexibility index (Phi) is 5.56. The van der Waals surface area contributed by atoms with Crippen molar-refractivity contribution in [2.24, 2.45) is 5.73 Å². The molecule has 2 N–H and O–H groups in total. The van der Waals surface area contributed by atoms with E-state index in [-0.39, 0.29) is 0 Å². The van der Waals surface area contributed by atoms with Crippen molar-refractivity contribution in [3.63, 3.8) is 0 Å². The molecule has 20 heavy (non-hydrogen) atoms. The average molecular weight is 270 g/mol. The molecule has 0 aliphatic heterocycles. The van der Waals surface area contributed by atoms with Gasteiger partial charge in [0.25, 0.3) is 0 Å². The third-order valence-corrected chi connectivity index (χ3v) is 3.12. The first-order valence-electron chi connectivity index (χ1n) is 7.20. The van der Waals surface area contributed by atoms with Crippen molar-refractivity contribution >= 4 is 0 Å². The molecule has 0 saturated heterocycles. The highest BCUT2D eigenvalue weighted by molar-refractivity contribution is 5.65. The molecule has 0 saturated carbocycles. The van der Waals surface area contributed by atoms with Crippen LogP contribution in [0.25, 0.3) is 11.1 Å². The van der Waals surface area contributed by atoms with Gasteiger partial charge in [0.1, 0.15) is 5.75 Å². The molecule has 0 unspecified atom stereocenters. The molecular weight excluding hydrogens is 248 g/mol. The molecule has 0 fully saturated rings. The van der Waals surface area contributed by atoms with E-state index in [9.17, 15) is 0 Å². The van der Waals surface area contributed by atoms with Crippen molar-refractivity contribution < 1.29 is 4.74 Å². The maximum atomic E-state index is 5.80. The number of benzene rings is 1. The molecule has 0 spiro atoms. The maximum Gasteiger partial charge on any atom is 0.120 e. The van der Waals surface area contributed by atoms with Gasteiger partial charge >= 0.3 is 0 Å². The van der Waals surface area contributed by atoms with Crippen molar-refractivity contribution in [1.82, 2.24) is 4.98 Å². The predicted molar refractivity (Wildman–Crippen MR) is 82.8 cm³/mol. The molecule has 3 heteroatoms. The second-order valence-electron chi connectivity index (χ2n) is 4.85. The average Bonchev–Trinajstić information content (AvgIpc) is 2.49. The highest BCUT2D eigenvalue weighted by atomic mass is 16.5. The van der Waals surface area contributed by atoms with Gasteiger partial charge in [-0.25, -0.2) is 0 Å². The minimum absolute atomic E-state index is 0.657. The summed E-state index contributed by atoms with van der Waals surface area (Å²) in [5.74, 6) is 0.920. The summed E-state index contributed by atoms with van der Waals surface area (Å²) in [6, 6.07) is 10.4. The van der Waals surface area contributed by atoms with Crippen LogP contribution >= 0.6 is 0 Å². The van der Waals surface area contributed by atoms with Gasteiger partial charge in [0.15, 0.2) is 0 Å². The third-order valence-electron chi connectivity index (χ3n) is 3.12. The minimum Gasteiger partial charge on any atom is -0.494 e. The van der Waals surface area contributed by atoms with E-state index in [0.717, 1.165) is 36.1 Å². The summed E-state index contributed by atoms with van der Waals surface area (Å²) in [5, 5.41) is 0. The van der Waals surface area contributed by atoms with E-state index in [0.29, 0.717) is 13.2 Å². The standard InChI is InChI=1S/C17H22N2O/c1-2-5-14-10-16(15-6-3-8-19-13-15)12-17(11-14)20-9-4-7-18/h3,6,8,10-13H,2,4-5,7,9,18H2,1H3. The lowest BCUT2D eigenvalue weighted by molar-refractivity contribution is 0.313. The summed E-state index contributed by atoms with van der Waals surface area (Å²) >= 11 is 0. The van der Waals surface area contributed by atoms with Gasteiger partial charge in [0, 0.05) is 18.0 Å². The summed E-state index contributed by atoms with van der Waals surface area (Å²) in [5.41, 5.74) is 9.08. The van der Waals surface area contributed by atoms with Gasteiger partial charge in [-0.05, 0) is 48.7 Å². The lowest BCUT2D eigenvalue weighted by Gasteiger charge is -2.11.